The van der Waals surface area contributed by atoms with Gasteiger partial charge in [-0.2, -0.15) is 13.2 Å². The first-order valence-electron chi connectivity index (χ1n) is 8.67. The Morgan fingerprint density at radius 1 is 1.03 bits per heavy atom. The molecule has 0 aliphatic heterocycles. The fourth-order valence-electron chi connectivity index (χ4n) is 2.75. The van der Waals surface area contributed by atoms with Crippen molar-refractivity contribution in [3.63, 3.8) is 0 Å². The molecule has 3 rings (SSSR count). The highest BCUT2D eigenvalue weighted by Gasteiger charge is 2.34. The van der Waals surface area contributed by atoms with Gasteiger partial charge in [0.1, 0.15) is 11.6 Å². The molecular weight excluding hydrogens is 407 g/mol. The van der Waals surface area contributed by atoms with E-state index in [2.05, 4.69) is 20.6 Å². The second-order valence-corrected chi connectivity index (χ2v) is 6.27. The van der Waals surface area contributed by atoms with Gasteiger partial charge < -0.3 is 10.6 Å². The second kappa shape index (κ2) is 8.85. The lowest BCUT2D eigenvalue weighted by Gasteiger charge is -2.20. The molecule has 0 unspecified atom stereocenters. The summed E-state index contributed by atoms with van der Waals surface area (Å²) < 4.78 is 66.6. The fraction of sp³-hybridized carbons (Fsp3) is 0.150. The highest BCUT2D eigenvalue weighted by atomic mass is 19.4. The van der Waals surface area contributed by atoms with E-state index in [1.807, 2.05) is 0 Å². The summed E-state index contributed by atoms with van der Waals surface area (Å²) >= 11 is 0. The fourth-order valence-corrected chi connectivity index (χ4v) is 2.75. The molecule has 3 aromatic rings. The Morgan fingerprint density at radius 2 is 1.80 bits per heavy atom. The molecule has 156 valence electrons. The molecule has 30 heavy (non-hydrogen) atoms. The van der Waals surface area contributed by atoms with Crippen LogP contribution in [0.4, 0.5) is 32.4 Å². The first kappa shape index (κ1) is 21.2. The number of nitrogens with zero attached hydrogens (tertiary/aromatic N) is 2. The van der Waals surface area contributed by atoms with Gasteiger partial charge in [0.2, 0.25) is 0 Å². The van der Waals surface area contributed by atoms with E-state index >= 15 is 0 Å². The number of rotatable bonds is 5. The van der Waals surface area contributed by atoms with Crippen LogP contribution >= 0.6 is 0 Å². The minimum Gasteiger partial charge on any atom is -0.331 e. The van der Waals surface area contributed by atoms with E-state index in [1.165, 1.54) is 24.7 Å². The molecule has 0 radical (unpaired) electrons. The van der Waals surface area contributed by atoms with Crippen molar-refractivity contribution in [1.82, 2.24) is 15.3 Å². The van der Waals surface area contributed by atoms with Crippen molar-refractivity contribution < 1.29 is 26.7 Å². The number of aromatic nitrogens is 2. The minimum absolute atomic E-state index is 0.0203. The van der Waals surface area contributed by atoms with Crippen LogP contribution in [0.2, 0.25) is 0 Å². The Kier molecular flexibility index (Phi) is 6.24. The molecular formula is C20H15F5N4O. The molecule has 0 saturated heterocycles. The first-order chi connectivity index (χ1) is 14.2. The van der Waals surface area contributed by atoms with Crippen molar-refractivity contribution in [2.75, 3.05) is 5.32 Å². The largest absolute Gasteiger partial charge is 0.419 e. The van der Waals surface area contributed by atoms with E-state index in [0.29, 0.717) is 17.8 Å². The number of nitrogens with one attached hydrogen (secondary N) is 2. The summed E-state index contributed by atoms with van der Waals surface area (Å²) in [5.74, 6) is -2.16. The number of carbonyl (C=O) groups excluding carboxylic acids is 1. The molecule has 0 aliphatic rings. The summed E-state index contributed by atoms with van der Waals surface area (Å²) in [6, 6.07) is 6.16. The Hall–Kier alpha value is -3.56. The third kappa shape index (κ3) is 5.28. The summed E-state index contributed by atoms with van der Waals surface area (Å²) in [5.41, 5.74) is -1.10. The molecule has 0 fully saturated rings. The molecule has 2 aromatic heterocycles. The Balaban J connectivity index is 1.88. The molecule has 0 spiro atoms. The number of carbonyl (C=O) groups is 1. The lowest BCUT2D eigenvalue weighted by molar-refractivity contribution is -0.140. The number of hydrogen-bond donors (Lipinski definition) is 2. The number of hydrogen-bond acceptors (Lipinski definition) is 3. The Morgan fingerprint density at radius 3 is 2.43 bits per heavy atom. The average Bonchev–Trinajstić information content (AvgIpc) is 2.69. The quantitative estimate of drug-likeness (QED) is 0.576. The smallest absolute Gasteiger partial charge is 0.331 e. The summed E-state index contributed by atoms with van der Waals surface area (Å²) in [6.45, 7) is 0. The number of pyridine rings is 2. The monoisotopic (exact) mass is 422 g/mol. The van der Waals surface area contributed by atoms with E-state index in [4.69, 9.17) is 0 Å². The summed E-state index contributed by atoms with van der Waals surface area (Å²) in [5, 5.41) is 5.00. The highest BCUT2D eigenvalue weighted by Crippen LogP contribution is 2.33. The maximum atomic E-state index is 14.1. The lowest BCUT2D eigenvalue weighted by Crippen LogP contribution is -2.34. The van der Waals surface area contributed by atoms with Crippen LogP contribution in [0.1, 0.15) is 22.9 Å². The number of benzene rings is 1. The van der Waals surface area contributed by atoms with Crippen LogP contribution in [0.15, 0.2) is 61.1 Å². The zero-order valence-electron chi connectivity index (χ0n) is 15.3. The number of urea groups is 1. The maximum Gasteiger partial charge on any atom is 0.419 e. The molecule has 2 N–H and O–H groups in total. The van der Waals surface area contributed by atoms with Gasteiger partial charge in [0.15, 0.2) is 0 Å². The average molecular weight is 422 g/mol. The van der Waals surface area contributed by atoms with Gasteiger partial charge in [-0.15, -0.1) is 0 Å². The van der Waals surface area contributed by atoms with Crippen LogP contribution in [-0.2, 0) is 12.6 Å². The van der Waals surface area contributed by atoms with Gasteiger partial charge in [0.05, 0.1) is 29.2 Å². The second-order valence-electron chi connectivity index (χ2n) is 6.27. The molecule has 2 heterocycles. The topological polar surface area (TPSA) is 66.9 Å². The van der Waals surface area contributed by atoms with Crippen LogP contribution in [0.5, 0.6) is 0 Å². The molecule has 0 saturated carbocycles. The Labute approximate surface area is 168 Å². The van der Waals surface area contributed by atoms with Gasteiger partial charge >= 0.3 is 12.2 Å². The van der Waals surface area contributed by atoms with Crippen LogP contribution in [0.3, 0.4) is 0 Å². The highest BCUT2D eigenvalue weighted by molar-refractivity contribution is 5.89. The van der Waals surface area contributed by atoms with Gasteiger partial charge in [0.25, 0.3) is 0 Å². The van der Waals surface area contributed by atoms with E-state index in [1.54, 1.807) is 12.1 Å². The number of anilines is 1. The van der Waals surface area contributed by atoms with Crippen LogP contribution in [-0.4, -0.2) is 16.0 Å². The lowest BCUT2D eigenvalue weighted by atomic mass is 9.99. The van der Waals surface area contributed by atoms with E-state index < -0.39 is 35.4 Å². The summed E-state index contributed by atoms with van der Waals surface area (Å²) in [6.07, 6.45) is -0.863. The van der Waals surface area contributed by atoms with Crippen LogP contribution < -0.4 is 10.6 Å². The summed E-state index contributed by atoms with van der Waals surface area (Å²) in [4.78, 5) is 20.1. The van der Waals surface area contributed by atoms with Crippen LogP contribution in [0.25, 0.3) is 0 Å². The van der Waals surface area contributed by atoms with Crippen molar-refractivity contribution in [1.29, 1.82) is 0 Å². The molecule has 5 nitrogen and oxygen atoms in total. The minimum atomic E-state index is -4.86. The third-order valence-corrected chi connectivity index (χ3v) is 4.16. The van der Waals surface area contributed by atoms with Crippen molar-refractivity contribution in [2.24, 2.45) is 0 Å². The molecule has 10 heteroatoms. The number of amides is 2. The van der Waals surface area contributed by atoms with Crippen LogP contribution in [0, 0.1) is 11.6 Å². The van der Waals surface area contributed by atoms with Crippen molar-refractivity contribution in [3.05, 3.63) is 89.5 Å². The summed E-state index contributed by atoms with van der Waals surface area (Å²) in [7, 11) is 0. The standard InChI is InChI=1S/C20H15F5N4O/c21-15-4-2-8-27-18(15)10-17(29-19(30)28-13-3-1-7-26-11-13)12-5-6-14(16(22)9-12)20(23,24)25/h1-9,11,17H,10H2,(H2,28,29,30)/t17-/m0/s1. The predicted molar refractivity (Wildman–Crippen MR) is 98.4 cm³/mol. The van der Waals surface area contributed by atoms with Gasteiger partial charge in [-0.05, 0) is 42.0 Å². The van der Waals surface area contributed by atoms with E-state index in [0.717, 1.165) is 12.1 Å². The normalized spacial score (nSPS) is 12.3. The van der Waals surface area contributed by atoms with Gasteiger partial charge in [-0.1, -0.05) is 6.07 Å². The van der Waals surface area contributed by atoms with Gasteiger partial charge in [0, 0.05) is 18.8 Å². The predicted octanol–water partition coefficient (Wildman–Crippen LogP) is 4.88. The molecule has 1 atom stereocenters. The van der Waals surface area contributed by atoms with Gasteiger partial charge in [-0.3, -0.25) is 9.97 Å². The molecule has 0 bridgehead atoms. The zero-order chi connectivity index (χ0) is 21.7. The van der Waals surface area contributed by atoms with Gasteiger partial charge in [-0.25, -0.2) is 13.6 Å². The van der Waals surface area contributed by atoms with E-state index in [-0.39, 0.29) is 17.7 Å². The molecule has 2 amide bonds. The van der Waals surface area contributed by atoms with E-state index in [9.17, 15) is 26.7 Å². The van der Waals surface area contributed by atoms with Crippen molar-refractivity contribution >= 4 is 11.7 Å². The number of alkyl halides is 3. The van der Waals surface area contributed by atoms with Crippen molar-refractivity contribution in [2.45, 2.75) is 18.6 Å². The number of halogens is 5. The van der Waals surface area contributed by atoms with Crippen molar-refractivity contribution in [3.8, 4) is 0 Å². The third-order valence-electron chi connectivity index (χ3n) is 4.16. The SMILES string of the molecule is O=C(Nc1cccnc1)N[C@@H](Cc1ncccc1F)c1ccc(C(F)(F)F)c(F)c1. The molecule has 0 aliphatic carbocycles. The zero-order valence-corrected chi connectivity index (χ0v) is 15.3. The Bertz CT molecular complexity index is 1030. The molecule has 1 aromatic carbocycles. The maximum absolute atomic E-state index is 14.1. The first-order valence-corrected chi connectivity index (χ1v) is 8.67.